The summed E-state index contributed by atoms with van der Waals surface area (Å²) in [5.74, 6) is 0. The third-order valence-electron chi connectivity index (χ3n) is 4.83. The van der Waals surface area contributed by atoms with Crippen molar-refractivity contribution in [1.82, 2.24) is 9.62 Å². The Kier molecular flexibility index (Phi) is 6.59. The molecule has 2 aromatic rings. The summed E-state index contributed by atoms with van der Waals surface area (Å²) in [6.07, 6.45) is 4.66. The average Bonchev–Trinajstić information content (AvgIpc) is 3.05. The van der Waals surface area contributed by atoms with E-state index in [1.54, 1.807) is 11.3 Å². The summed E-state index contributed by atoms with van der Waals surface area (Å²) in [6, 6.07) is 6.99. The Labute approximate surface area is 163 Å². The van der Waals surface area contributed by atoms with Crippen molar-refractivity contribution in [2.75, 3.05) is 19.6 Å². The number of nitrogens with zero attached hydrogens (tertiary/aromatic N) is 2. The third kappa shape index (κ3) is 5.13. The van der Waals surface area contributed by atoms with E-state index in [1.807, 2.05) is 11.4 Å². The number of likely N-dealkylation sites (tertiary alicyclic amines) is 1. The second kappa shape index (κ2) is 8.92. The molecule has 0 saturated carbocycles. The van der Waals surface area contributed by atoms with Gasteiger partial charge in [-0.1, -0.05) is 12.8 Å². The minimum Gasteiger partial charge on any atom is -0.295 e. The van der Waals surface area contributed by atoms with Gasteiger partial charge < -0.3 is 0 Å². The fourth-order valence-corrected chi connectivity index (χ4v) is 5.09. The Balaban J connectivity index is 1.74. The maximum atomic E-state index is 12.6. The monoisotopic (exact) mass is 409 g/mol. The van der Waals surface area contributed by atoms with Crippen LogP contribution in [0.15, 0.2) is 46.0 Å². The van der Waals surface area contributed by atoms with E-state index in [-0.39, 0.29) is 23.2 Å². The van der Waals surface area contributed by atoms with Gasteiger partial charge in [0.15, 0.2) is 0 Å². The van der Waals surface area contributed by atoms with Crippen LogP contribution in [0.4, 0.5) is 5.69 Å². The zero-order valence-corrected chi connectivity index (χ0v) is 16.5. The Hall–Kier alpha value is -1.81. The SMILES string of the molecule is O=[N+]([O-])c1ccc(S(=O)(=O)NCC(c2ccsc2)N2CCCCCC2)cc1. The number of sulfonamides is 1. The molecule has 0 aliphatic carbocycles. The molecule has 1 aliphatic heterocycles. The lowest BCUT2D eigenvalue weighted by molar-refractivity contribution is -0.384. The second-order valence-corrected chi connectivity index (χ2v) is 9.17. The van der Waals surface area contributed by atoms with Crippen molar-refractivity contribution in [3.63, 3.8) is 0 Å². The topological polar surface area (TPSA) is 92.5 Å². The van der Waals surface area contributed by atoms with Crippen molar-refractivity contribution in [3.8, 4) is 0 Å². The van der Waals surface area contributed by atoms with E-state index >= 15 is 0 Å². The van der Waals surface area contributed by atoms with E-state index in [9.17, 15) is 18.5 Å². The maximum absolute atomic E-state index is 12.6. The number of nitrogens with one attached hydrogen (secondary N) is 1. The van der Waals surface area contributed by atoms with Gasteiger partial charge in [0.25, 0.3) is 5.69 Å². The molecule has 1 unspecified atom stereocenters. The van der Waals surface area contributed by atoms with E-state index < -0.39 is 14.9 Å². The molecule has 7 nitrogen and oxygen atoms in total. The first-order chi connectivity index (χ1) is 13.0. The van der Waals surface area contributed by atoms with Crippen molar-refractivity contribution in [2.24, 2.45) is 0 Å². The first-order valence-corrected chi connectivity index (χ1v) is 11.4. The average molecular weight is 410 g/mol. The normalized spacial score (nSPS) is 17.3. The lowest BCUT2D eigenvalue weighted by atomic mass is 10.1. The molecule has 1 N–H and O–H groups in total. The molecule has 146 valence electrons. The summed E-state index contributed by atoms with van der Waals surface area (Å²) in [5, 5.41) is 14.8. The molecule has 1 aliphatic rings. The highest BCUT2D eigenvalue weighted by molar-refractivity contribution is 7.89. The first-order valence-electron chi connectivity index (χ1n) is 8.97. The molecule has 0 radical (unpaired) electrons. The fourth-order valence-electron chi connectivity index (χ4n) is 3.35. The zero-order valence-electron chi connectivity index (χ0n) is 14.9. The number of nitro groups is 1. The van der Waals surface area contributed by atoms with Gasteiger partial charge in [-0.2, -0.15) is 11.3 Å². The fraction of sp³-hybridized carbons (Fsp3) is 0.444. The van der Waals surface area contributed by atoms with Gasteiger partial charge in [0.2, 0.25) is 10.0 Å². The molecule has 0 amide bonds. The molecule has 1 saturated heterocycles. The molecule has 1 atom stereocenters. The molecule has 1 fully saturated rings. The Morgan fingerprint density at radius 2 is 1.78 bits per heavy atom. The van der Waals surface area contributed by atoms with Crippen molar-refractivity contribution >= 4 is 27.0 Å². The summed E-state index contributed by atoms with van der Waals surface area (Å²) in [6.45, 7) is 2.19. The maximum Gasteiger partial charge on any atom is 0.269 e. The predicted octanol–water partition coefficient (Wildman–Crippen LogP) is 3.55. The minimum absolute atomic E-state index is 0.0119. The molecular weight excluding hydrogens is 386 g/mol. The van der Waals surface area contributed by atoms with Crippen LogP contribution in [-0.4, -0.2) is 37.9 Å². The van der Waals surface area contributed by atoms with Crippen molar-refractivity contribution in [3.05, 3.63) is 56.8 Å². The van der Waals surface area contributed by atoms with Crippen LogP contribution in [0.3, 0.4) is 0 Å². The quantitative estimate of drug-likeness (QED) is 0.558. The van der Waals surface area contributed by atoms with E-state index in [0.717, 1.165) is 31.5 Å². The number of thiophene rings is 1. The Morgan fingerprint density at radius 1 is 1.11 bits per heavy atom. The van der Waals surface area contributed by atoms with Crippen LogP contribution >= 0.6 is 11.3 Å². The number of hydrogen-bond donors (Lipinski definition) is 1. The highest BCUT2D eigenvalue weighted by Gasteiger charge is 2.24. The summed E-state index contributed by atoms with van der Waals surface area (Å²) < 4.78 is 28.0. The molecule has 0 spiro atoms. The van der Waals surface area contributed by atoms with Gasteiger partial charge >= 0.3 is 0 Å². The number of benzene rings is 1. The predicted molar refractivity (Wildman–Crippen MR) is 105 cm³/mol. The van der Waals surface area contributed by atoms with Crippen LogP contribution in [0, 0.1) is 10.1 Å². The van der Waals surface area contributed by atoms with Crippen LogP contribution in [0.1, 0.15) is 37.3 Å². The number of rotatable bonds is 7. The van der Waals surface area contributed by atoms with E-state index in [0.29, 0.717) is 0 Å². The van der Waals surface area contributed by atoms with Gasteiger partial charge in [-0.15, -0.1) is 0 Å². The number of non-ortho nitro benzene ring substituents is 1. The Bertz CT molecular complexity index is 843. The molecule has 1 aromatic heterocycles. The molecule has 2 heterocycles. The number of hydrogen-bond acceptors (Lipinski definition) is 6. The highest BCUT2D eigenvalue weighted by atomic mass is 32.2. The van der Waals surface area contributed by atoms with E-state index in [1.165, 1.54) is 37.1 Å². The molecule has 1 aromatic carbocycles. The van der Waals surface area contributed by atoms with Crippen LogP contribution < -0.4 is 4.72 Å². The second-order valence-electron chi connectivity index (χ2n) is 6.63. The molecular formula is C18H23N3O4S2. The summed E-state index contributed by atoms with van der Waals surface area (Å²) >= 11 is 1.60. The molecule has 3 rings (SSSR count). The lowest BCUT2D eigenvalue weighted by Gasteiger charge is -2.30. The standard InChI is InChI=1S/C18H23N3O4S2/c22-21(23)16-5-7-17(8-6-16)27(24,25)19-13-18(15-9-12-26-14-15)20-10-3-1-2-4-11-20/h5-9,12,14,18-19H,1-4,10-11,13H2. The molecule has 0 bridgehead atoms. The van der Waals surface area contributed by atoms with Crippen LogP contribution in [0.2, 0.25) is 0 Å². The van der Waals surface area contributed by atoms with Gasteiger partial charge in [0.1, 0.15) is 0 Å². The highest BCUT2D eigenvalue weighted by Crippen LogP contribution is 2.26. The van der Waals surface area contributed by atoms with Gasteiger partial charge in [-0.25, -0.2) is 13.1 Å². The summed E-state index contributed by atoms with van der Waals surface area (Å²) in [7, 11) is -3.73. The van der Waals surface area contributed by atoms with Crippen molar-refractivity contribution in [2.45, 2.75) is 36.6 Å². The van der Waals surface area contributed by atoms with E-state index in [2.05, 4.69) is 15.0 Å². The van der Waals surface area contributed by atoms with Crippen LogP contribution in [0.5, 0.6) is 0 Å². The largest absolute Gasteiger partial charge is 0.295 e. The van der Waals surface area contributed by atoms with E-state index in [4.69, 9.17) is 0 Å². The third-order valence-corrected chi connectivity index (χ3v) is 6.97. The minimum atomic E-state index is -3.73. The lowest BCUT2D eigenvalue weighted by Crippen LogP contribution is -2.38. The summed E-state index contributed by atoms with van der Waals surface area (Å²) in [4.78, 5) is 12.6. The smallest absolute Gasteiger partial charge is 0.269 e. The van der Waals surface area contributed by atoms with Gasteiger partial charge in [-0.05, 0) is 60.5 Å². The van der Waals surface area contributed by atoms with Crippen LogP contribution in [-0.2, 0) is 10.0 Å². The van der Waals surface area contributed by atoms with Crippen molar-refractivity contribution in [1.29, 1.82) is 0 Å². The number of nitro benzene ring substituents is 1. The van der Waals surface area contributed by atoms with Gasteiger partial charge in [0.05, 0.1) is 9.82 Å². The van der Waals surface area contributed by atoms with Gasteiger partial charge in [0, 0.05) is 24.7 Å². The zero-order chi connectivity index (χ0) is 19.3. The van der Waals surface area contributed by atoms with Crippen LogP contribution in [0.25, 0.3) is 0 Å². The molecule has 9 heteroatoms. The summed E-state index contributed by atoms with van der Waals surface area (Å²) in [5.41, 5.74) is 0.989. The first kappa shape index (κ1) is 19.9. The molecule has 27 heavy (non-hydrogen) atoms. The van der Waals surface area contributed by atoms with Crippen molar-refractivity contribution < 1.29 is 13.3 Å². The Morgan fingerprint density at radius 3 is 2.33 bits per heavy atom. The van der Waals surface area contributed by atoms with Gasteiger partial charge in [-0.3, -0.25) is 15.0 Å².